The summed E-state index contributed by atoms with van der Waals surface area (Å²) in [7, 11) is 2.03. The van der Waals surface area contributed by atoms with Gasteiger partial charge in [-0.1, -0.05) is 6.92 Å². The van der Waals surface area contributed by atoms with Gasteiger partial charge in [0, 0.05) is 6.54 Å². The molecule has 0 radical (unpaired) electrons. The molecule has 1 fully saturated rings. The molecule has 0 saturated heterocycles. The van der Waals surface area contributed by atoms with Crippen LogP contribution in [0.4, 0.5) is 0 Å². The lowest BCUT2D eigenvalue weighted by atomic mass is 10.2. The van der Waals surface area contributed by atoms with Crippen molar-refractivity contribution in [1.29, 1.82) is 5.26 Å². The van der Waals surface area contributed by atoms with Crippen molar-refractivity contribution in [2.24, 2.45) is 11.8 Å². The van der Waals surface area contributed by atoms with Gasteiger partial charge >= 0.3 is 0 Å². The largest absolute Gasteiger partial charge is 0.291 e. The van der Waals surface area contributed by atoms with Gasteiger partial charge in [0.1, 0.15) is 0 Å². The van der Waals surface area contributed by atoms with Gasteiger partial charge in [-0.25, -0.2) is 0 Å². The van der Waals surface area contributed by atoms with Crippen LogP contribution in [0.5, 0.6) is 0 Å². The average molecular weight is 152 g/mol. The van der Waals surface area contributed by atoms with E-state index in [0.717, 1.165) is 18.4 Å². The van der Waals surface area contributed by atoms with Crippen LogP contribution in [0.3, 0.4) is 0 Å². The molecule has 11 heavy (non-hydrogen) atoms. The minimum atomic E-state index is 0.0720. The van der Waals surface area contributed by atoms with E-state index in [1.54, 1.807) is 0 Å². The summed E-state index contributed by atoms with van der Waals surface area (Å²) in [6, 6.07) is 2.31. The summed E-state index contributed by atoms with van der Waals surface area (Å²) in [6.45, 7) is 5.32. The molecule has 2 heteroatoms. The van der Waals surface area contributed by atoms with Gasteiger partial charge in [-0.05, 0) is 32.2 Å². The fourth-order valence-electron chi connectivity index (χ4n) is 1.28. The zero-order chi connectivity index (χ0) is 8.43. The van der Waals surface area contributed by atoms with Crippen LogP contribution in [0.25, 0.3) is 0 Å². The van der Waals surface area contributed by atoms with Crippen molar-refractivity contribution >= 4 is 0 Å². The van der Waals surface area contributed by atoms with Crippen molar-refractivity contribution in [2.45, 2.75) is 26.3 Å². The summed E-state index contributed by atoms with van der Waals surface area (Å²) in [4.78, 5) is 2.13. The Bertz CT molecular complexity index is 171. The fraction of sp³-hybridized carbons (Fsp3) is 0.889. The topological polar surface area (TPSA) is 27.0 Å². The van der Waals surface area contributed by atoms with Gasteiger partial charge in [-0.3, -0.25) is 4.90 Å². The van der Waals surface area contributed by atoms with Gasteiger partial charge < -0.3 is 0 Å². The molecule has 0 aromatic carbocycles. The highest BCUT2D eigenvalue weighted by atomic mass is 15.1. The molecule has 62 valence electrons. The summed E-state index contributed by atoms with van der Waals surface area (Å²) >= 11 is 0. The maximum atomic E-state index is 8.61. The highest BCUT2D eigenvalue weighted by Crippen LogP contribution is 2.38. The summed E-state index contributed by atoms with van der Waals surface area (Å²) in [6.07, 6.45) is 1.35. The third kappa shape index (κ3) is 2.20. The maximum absolute atomic E-state index is 8.61. The molecule has 0 N–H and O–H groups in total. The SMILES string of the molecule is CC1CC1CN(C)C(C)C#N. The van der Waals surface area contributed by atoms with Crippen LogP contribution in [-0.4, -0.2) is 24.5 Å². The summed E-state index contributed by atoms with van der Waals surface area (Å²) in [5.74, 6) is 1.75. The molecule has 2 nitrogen and oxygen atoms in total. The van der Waals surface area contributed by atoms with Crippen molar-refractivity contribution < 1.29 is 0 Å². The van der Waals surface area contributed by atoms with E-state index in [4.69, 9.17) is 5.26 Å². The smallest absolute Gasteiger partial charge is 0.0946 e. The quantitative estimate of drug-likeness (QED) is 0.612. The zero-order valence-electron chi connectivity index (χ0n) is 7.54. The van der Waals surface area contributed by atoms with E-state index < -0.39 is 0 Å². The number of nitrogens with zero attached hydrogens (tertiary/aromatic N) is 2. The van der Waals surface area contributed by atoms with Crippen molar-refractivity contribution in [2.75, 3.05) is 13.6 Å². The minimum Gasteiger partial charge on any atom is -0.291 e. The Balaban J connectivity index is 2.22. The second-order valence-corrected chi connectivity index (χ2v) is 3.72. The Kier molecular flexibility index (Phi) is 2.51. The molecule has 0 spiro atoms. The molecule has 0 bridgehead atoms. The van der Waals surface area contributed by atoms with Crippen LogP contribution in [0.1, 0.15) is 20.3 Å². The predicted molar refractivity (Wildman–Crippen MR) is 45.0 cm³/mol. The first-order valence-corrected chi connectivity index (χ1v) is 4.25. The summed E-state index contributed by atoms with van der Waals surface area (Å²) in [5, 5.41) is 8.61. The summed E-state index contributed by atoms with van der Waals surface area (Å²) < 4.78 is 0. The fourth-order valence-corrected chi connectivity index (χ4v) is 1.28. The van der Waals surface area contributed by atoms with Crippen LogP contribution in [0.2, 0.25) is 0 Å². The van der Waals surface area contributed by atoms with Crippen LogP contribution in [0.15, 0.2) is 0 Å². The molecular weight excluding hydrogens is 136 g/mol. The minimum absolute atomic E-state index is 0.0720. The van der Waals surface area contributed by atoms with Crippen LogP contribution >= 0.6 is 0 Å². The molecule has 1 saturated carbocycles. The molecule has 3 atom stereocenters. The molecule has 0 aromatic heterocycles. The Morgan fingerprint density at radius 1 is 1.73 bits per heavy atom. The summed E-state index contributed by atoms with van der Waals surface area (Å²) in [5.41, 5.74) is 0. The van der Waals surface area contributed by atoms with Gasteiger partial charge in [0.25, 0.3) is 0 Å². The number of nitriles is 1. The first-order valence-electron chi connectivity index (χ1n) is 4.25. The molecule has 0 heterocycles. The van der Waals surface area contributed by atoms with Gasteiger partial charge in [-0.15, -0.1) is 0 Å². The molecule has 1 rings (SSSR count). The van der Waals surface area contributed by atoms with E-state index in [2.05, 4.69) is 17.9 Å². The van der Waals surface area contributed by atoms with Crippen molar-refractivity contribution in [3.8, 4) is 6.07 Å². The van der Waals surface area contributed by atoms with Gasteiger partial charge in [0.15, 0.2) is 0 Å². The number of hydrogen-bond donors (Lipinski definition) is 0. The van der Waals surface area contributed by atoms with Crippen LogP contribution < -0.4 is 0 Å². The molecule has 1 aliphatic rings. The van der Waals surface area contributed by atoms with E-state index >= 15 is 0 Å². The number of rotatable bonds is 3. The Morgan fingerprint density at radius 2 is 2.27 bits per heavy atom. The second-order valence-electron chi connectivity index (χ2n) is 3.72. The lowest BCUT2D eigenvalue weighted by molar-refractivity contribution is 0.285. The number of hydrogen-bond acceptors (Lipinski definition) is 2. The van der Waals surface area contributed by atoms with E-state index in [1.165, 1.54) is 6.42 Å². The van der Waals surface area contributed by atoms with Crippen molar-refractivity contribution in [3.63, 3.8) is 0 Å². The van der Waals surface area contributed by atoms with Gasteiger partial charge in [-0.2, -0.15) is 5.26 Å². The Labute approximate surface area is 68.8 Å². The molecule has 0 aromatic rings. The van der Waals surface area contributed by atoms with Crippen LogP contribution in [0, 0.1) is 23.2 Å². The molecule has 3 unspecified atom stereocenters. The van der Waals surface area contributed by atoms with Crippen molar-refractivity contribution in [1.82, 2.24) is 4.90 Å². The van der Waals surface area contributed by atoms with E-state index in [9.17, 15) is 0 Å². The van der Waals surface area contributed by atoms with Gasteiger partial charge in [0.05, 0.1) is 12.1 Å². The zero-order valence-corrected chi connectivity index (χ0v) is 7.54. The van der Waals surface area contributed by atoms with E-state index in [-0.39, 0.29) is 6.04 Å². The lowest BCUT2D eigenvalue weighted by Crippen LogP contribution is -2.29. The highest BCUT2D eigenvalue weighted by molar-refractivity contribution is 4.91. The monoisotopic (exact) mass is 152 g/mol. The first-order chi connectivity index (χ1) is 5.15. The molecule has 0 aliphatic heterocycles. The lowest BCUT2D eigenvalue weighted by Gasteiger charge is -2.18. The normalized spacial score (nSPS) is 31.5. The van der Waals surface area contributed by atoms with Crippen LogP contribution in [-0.2, 0) is 0 Å². The third-order valence-corrected chi connectivity index (χ3v) is 2.65. The Hall–Kier alpha value is -0.550. The molecule has 0 amide bonds. The van der Waals surface area contributed by atoms with E-state index in [1.807, 2.05) is 14.0 Å². The van der Waals surface area contributed by atoms with Crippen molar-refractivity contribution in [3.05, 3.63) is 0 Å². The highest BCUT2D eigenvalue weighted by Gasteiger charge is 2.33. The Morgan fingerprint density at radius 3 is 2.64 bits per heavy atom. The standard InChI is InChI=1S/C9H16N2/c1-7-4-9(7)6-11(3)8(2)5-10/h7-9H,4,6H2,1-3H3. The molecular formula is C9H16N2. The molecule has 1 aliphatic carbocycles. The second kappa shape index (κ2) is 3.23. The van der Waals surface area contributed by atoms with Gasteiger partial charge in [0.2, 0.25) is 0 Å². The average Bonchev–Trinajstić information content (AvgIpc) is 2.65. The predicted octanol–water partition coefficient (Wildman–Crippen LogP) is 1.49. The first kappa shape index (κ1) is 8.55. The third-order valence-electron chi connectivity index (χ3n) is 2.65. The maximum Gasteiger partial charge on any atom is 0.0946 e. The van der Waals surface area contributed by atoms with E-state index in [0.29, 0.717) is 0 Å².